The summed E-state index contributed by atoms with van der Waals surface area (Å²) in [4.78, 5) is 0. The second-order valence-corrected chi connectivity index (χ2v) is 7.81. The summed E-state index contributed by atoms with van der Waals surface area (Å²) in [6.07, 6.45) is 0. The topological polar surface area (TPSA) is 0 Å². The zero-order chi connectivity index (χ0) is 21.0. The molecule has 0 unspecified atom stereocenters. The van der Waals surface area contributed by atoms with Gasteiger partial charge >= 0.3 is 0 Å². The maximum Gasteiger partial charge on any atom is -0.00695 e. The first-order valence-electron chi connectivity index (χ1n) is 10.7. The molecule has 0 aromatic heterocycles. The minimum absolute atomic E-state index is 1.24. The molecule has 0 amide bonds. The van der Waals surface area contributed by atoms with Gasteiger partial charge in [-0.15, -0.1) is 0 Å². The standard InChI is InChI=1S/C31H24/c1-23-30(26-18-10-4-11-19-26)28(24-14-6-2-7-15-24)22-29(25-16-8-3-9-17-25)31(23)27-20-12-5-13-21-27/h2-22H,1H3. The van der Waals surface area contributed by atoms with E-state index in [0.717, 1.165) is 0 Å². The molecule has 0 bridgehead atoms. The van der Waals surface area contributed by atoms with Crippen molar-refractivity contribution in [3.8, 4) is 44.5 Å². The highest BCUT2D eigenvalue weighted by molar-refractivity contribution is 5.98. The zero-order valence-corrected chi connectivity index (χ0v) is 17.6. The summed E-state index contributed by atoms with van der Waals surface area (Å²) in [5, 5.41) is 0. The molecule has 0 nitrogen and oxygen atoms in total. The van der Waals surface area contributed by atoms with Gasteiger partial charge in [0, 0.05) is 0 Å². The van der Waals surface area contributed by atoms with Crippen LogP contribution >= 0.6 is 0 Å². The SMILES string of the molecule is Cc1c(-c2ccccc2)c(-c2ccccc2)cc(-c2ccccc2)c1-c1ccccc1. The van der Waals surface area contributed by atoms with E-state index >= 15 is 0 Å². The fourth-order valence-electron chi connectivity index (χ4n) is 4.46. The van der Waals surface area contributed by atoms with Crippen molar-refractivity contribution < 1.29 is 0 Å². The first kappa shape index (κ1) is 19.1. The molecule has 0 heteroatoms. The summed E-state index contributed by atoms with van der Waals surface area (Å²) in [5.41, 5.74) is 11.4. The summed E-state index contributed by atoms with van der Waals surface area (Å²) in [6.45, 7) is 2.27. The van der Waals surface area contributed by atoms with E-state index in [0.29, 0.717) is 0 Å². The maximum absolute atomic E-state index is 2.38. The zero-order valence-electron chi connectivity index (χ0n) is 17.6. The van der Waals surface area contributed by atoms with Gasteiger partial charge in [0.05, 0.1) is 0 Å². The molecule has 148 valence electrons. The van der Waals surface area contributed by atoms with Crippen molar-refractivity contribution in [2.24, 2.45) is 0 Å². The van der Waals surface area contributed by atoms with Crippen LogP contribution in [-0.4, -0.2) is 0 Å². The van der Waals surface area contributed by atoms with Crippen LogP contribution in [0.4, 0.5) is 0 Å². The lowest BCUT2D eigenvalue weighted by atomic mass is 9.82. The first-order chi connectivity index (χ1) is 15.3. The Hall–Kier alpha value is -3.90. The molecule has 5 aromatic carbocycles. The quantitative estimate of drug-likeness (QED) is 0.285. The molecule has 0 N–H and O–H groups in total. The summed E-state index contributed by atoms with van der Waals surface area (Å²) in [7, 11) is 0. The van der Waals surface area contributed by atoms with Crippen molar-refractivity contribution in [2.45, 2.75) is 6.92 Å². The number of hydrogen-bond acceptors (Lipinski definition) is 0. The van der Waals surface area contributed by atoms with Gasteiger partial charge in [-0.3, -0.25) is 0 Å². The third kappa shape index (κ3) is 3.69. The molecule has 0 saturated heterocycles. The Morgan fingerprint density at radius 3 is 0.968 bits per heavy atom. The summed E-state index contributed by atoms with van der Waals surface area (Å²) in [6, 6.07) is 45.3. The Labute approximate surface area is 184 Å². The Morgan fingerprint density at radius 2 is 0.645 bits per heavy atom. The molecule has 31 heavy (non-hydrogen) atoms. The molecule has 0 atom stereocenters. The van der Waals surface area contributed by atoms with E-state index in [1.807, 2.05) is 0 Å². The Morgan fingerprint density at radius 1 is 0.355 bits per heavy atom. The lowest BCUT2D eigenvalue weighted by molar-refractivity contribution is 1.43. The fraction of sp³-hybridized carbons (Fsp3) is 0.0323. The van der Waals surface area contributed by atoms with Gasteiger partial charge in [0.1, 0.15) is 0 Å². The molecule has 0 saturated carbocycles. The molecule has 0 radical (unpaired) electrons. The predicted octanol–water partition coefficient (Wildman–Crippen LogP) is 8.66. The van der Waals surface area contributed by atoms with Crippen LogP contribution in [0.3, 0.4) is 0 Å². The van der Waals surface area contributed by atoms with Crippen molar-refractivity contribution in [1.82, 2.24) is 0 Å². The average molecular weight is 397 g/mol. The molecule has 0 spiro atoms. The molecular weight excluding hydrogens is 372 g/mol. The Kier molecular flexibility index (Phi) is 5.21. The first-order valence-corrected chi connectivity index (χ1v) is 10.7. The van der Waals surface area contributed by atoms with Crippen molar-refractivity contribution >= 4 is 0 Å². The summed E-state index contributed by atoms with van der Waals surface area (Å²) < 4.78 is 0. The van der Waals surface area contributed by atoms with Crippen LogP contribution in [0.2, 0.25) is 0 Å². The van der Waals surface area contributed by atoms with Crippen LogP contribution < -0.4 is 0 Å². The van der Waals surface area contributed by atoms with Gasteiger partial charge in [-0.25, -0.2) is 0 Å². The predicted molar refractivity (Wildman–Crippen MR) is 133 cm³/mol. The molecular formula is C31H24. The third-order valence-electron chi connectivity index (χ3n) is 5.87. The van der Waals surface area contributed by atoms with E-state index in [4.69, 9.17) is 0 Å². The van der Waals surface area contributed by atoms with Crippen LogP contribution in [0.15, 0.2) is 127 Å². The Balaban J connectivity index is 1.91. The highest BCUT2D eigenvalue weighted by atomic mass is 14.2. The minimum atomic E-state index is 1.24. The molecule has 0 heterocycles. The second-order valence-electron chi connectivity index (χ2n) is 7.81. The summed E-state index contributed by atoms with van der Waals surface area (Å²) in [5.74, 6) is 0. The van der Waals surface area contributed by atoms with E-state index in [2.05, 4.69) is 134 Å². The van der Waals surface area contributed by atoms with Gasteiger partial charge < -0.3 is 0 Å². The fourth-order valence-corrected chi connectivity index (χ4v) is 4.46. The van der Waals surface area contributed by atoms with Crippen molar-refractivity contribution in [3.05, 3.63) is 133 Å². The monoisotopic (exact) mass is 396 g/mol. The molecule has 0 aliphatic carbocycles. The second kappa shape index (κ2) is 8.45. The van der Waals surface area contributed by atoms with E-state index in [1.54, 1.807) is 0 Å². The van der Waals surface area contributed by atoms with Crippen LogP contribution in [0.25, 0.3) is 44.5 Å². The largest absolute Gasteiger partial charge is 0.0622 e. The van der Waals surface area contributed by atoms with Gasteiger partial charge in [0.15, 0.2) is 0 Å². The number of benzene rings is 5. The normalized spacial score (nSPS) is 10.7. The number of hydrogen-bond donors (Lipinski definition) is 0. The van der Waals surface area contributed by atoms with Crippen LogP contribution in [0.1, 0.15) is 5.56 Å². The van der Waals surface area contributed by atoms with Crippen LogP contribution in [-0.2, 0) is 0 Å². The lowest BCUT2D eigenvalue weighted by Gasteiger charge is -2.22. The number of rotatable bonds is 4. The maximum atomic E-state index is 2.38. The highest BCUT2D eigenvalue weighted by Gasteiger charge is 2.19. The smallest absolute Gasteiger partial charge is 0.00695 e. The Bertz CT molecular complexity index is 1190. The van der Waals surface area contributed by atoms with E-state index in [1.165, 1.54) is 50.1 Å². The van der Waals surface area contributed by atoms with Crippen LogP contribution in [0.5, 0.6) is 0 Å². The van der Waals surface area contributed by atoms with Crippen molar-refractivity contribution in [1.29, 1.82) is 0 Å². The lowest BCUT2D eigenvalue weighted by Crippen LogP contribution is -1.97. The van der Waals surface area contributed by atoms with E-state index in [-0.39, 0.29) is 0 Å². The molecule has 0 fully saturated rings. The third-order valence-corrected chi connectivity index (χ3v) is 5.87. The van der Waals surface area contributed by atoms with Gasteiger partial charge in [-0.2, -0.15) is 0 Å². The highest BCUT2D eigenvalue weighted by Crippen LogP contribution is 2.45. The molecule has 0 aliphatic rings. The minimum Gasteiger partial charge on any atom is -0.0622 e. The molecule has 5 aromatic rings. The van der Waals surface area contributed by atoms with Gasteiger partial charge in [0.25, 0.3) is 0 Å². The molecule has 5 rings (SSSR count). The van der Waals surface area contributed by atoms with Gasteiger partial charge in [-0.05, 0) is 63.1 Å². The van der Waals surface area contributed by atoms with E-state index in [9.17, 15) is 0 Å². The van der Waals surface area contributed by atoms with Gasteiger partial charge in [-0.1, -0.05) is 121 Å². The van der Waals surface area contributed by atoms with Crippen molar-refractivity contribution in [3.63, 3.8) is 0 Å². The van der Waals surface area contributed by atoms with Gasteiger partial charge in [0.2, 0.25) is 0 Å². The van der Waals surface area contributed by atoms with E-state index < -0.39 is 0 Å². The van der Waals surface area contributed by atoms with Crippen LogP contribution in [0, 0.1) is 6.92 Å². The average Bonchev–Trinajstić information content (AvgIpc) is 2.85. The van der Waals surface area contributed by atoms with Crippen molar-refractivity contribution in [2.75, 3.05) is 0 Å². The summed E-state index contributed by atoms with van der Waals surface area (Å²) >= 11 is 0. The molecule has 0 aliphatic heterocycles.